The molecule has 1 aliphatic rings. The Balaban J connectivity index is 2.13. The Morgan fingerprint density at radius 1 is 0.889 bits per heavy atom. The van der Waals surface area contributed by atoms with Gasteiger partial charge in [-0.1, -0.05) is 24.3 Å². The summed E-state index contributed by atoms with van der Waals surface area (Å²) in [6, 6.07) is 5.34. The van der Waals surface area contributed by atoms with Gasteiger partial charge in [-0.2, -0.15) is 26.3 Å². The second-order valence-electron chi connectivity index (χ2n) is 8.46. The van der Waals surface area contributed by atoms with Gasteiger partial charge in [-0.05, 0) is 55.5 Å². The number of rotatable bonds is 5. The molecule has 0 bridgehead atoms. The van der Waals surface area contributed by atoms with E-state index in [9.17, 15) is 49.1 Å². The average Bonchev–Trinajstić information content (AvgIpc) is 2.77. The maximum atomic E-state index is 13.7. The maximum absolute atomic E-state index is 13.7. The summed E-state index contributed by atoms with van der Waals surface area (Å²) < 4.78 is 118. The zero-order valence-electron chi connectivity index (χ0n) is 18.2. The van der Waals surface area contributed by atoms with Crippen molar-refractivity contribution in [1.29, 1.82) is 0 Å². The van der Waals surface area contributed by atoms with Crippen LogP contribution in [0.3, 0.4) is 0 Å². The van der Waals surface area contributed by atoms with Gasteiger partial charge in [0.25, 0.3) is 5.60 Å². The van der Waals surface area contributed by atoms with E-state index in [1.54, 1.807) is 0 Å². The molecule has 1 fully saturated rings. The summed E-state index contributed by atoms with van der Waals surface area (Å²) in [4.78, 5) is 10.6. The first-order valence-electron chi connectivity index (χ1n) is 10.4. The minimum Gasteiger partial charge on any atom is -0.465 e. The van der Waals surface area contributed by atoms with E-state index in [0.29, 0.717) is 12.1 Å². The largest absolute Gasteiger partial charge is 0.465 e. The Bertz CT molecular complexity index is 1190. The minimum atomic E-state index is -6.12. The van der Waals surface area contributed by atoms with E-state index in [-0.39, 0.29) is 36.1 Å². The molecule has 1 aliphatic carbocycles. The number of sulfone groups is 1. The number of hydrogen-bond donors (Lipinski definition) is 3. The molecule has 198 valence electrons. The molecular weight excluding hydrogens is 523 g/mol. The van der Waals surface area contributed by atoms with Gasteiger partial charge in [0, 0.05) is 11.6 Å². The zero-order valence-corrected chi connectivity index (χ0v) is 19.0. The highest BCUT2D eigenvalue weighted by molar-refractivity contribution is 7.92. The Labute approximate surface area is 200 Å². The van der Waals surface area contributed by atoms with Crippen LogP contribution in [0.25, 0.3) is 0 Å². The third kappa shape index (κ3) is 4.63. The smallest absolute Gasteiger partial charge is 0.430 e. The van der Waals surface area contributed by atoms with E-state index in [1.807, 2.05) is 0 Å². The monoisotopic (exact) mass is 543 g/mol. The third-order valence-corrected chi connectivity index (χ3v) is 8.97. The summed E-state index contributed by atoms with van der Waals surface area (Å²) >= 11 is 0. The fourth-order valence-corrected chi connectivity index (χ4v) is 6.62. The molecule has 0 heterocycles. The number of carboxylic acid groups (broad SMARTS) is 1. The summed E-state index contributed by atoms with van der Waals surface area (Å²) in [5.41, 5.74) is -6.90. The second-order valence-corrected chi connectivity index (χ2v) is 10.7. The average molecular weight is 543 g/mol. The van der Waals surface area contributed by atoms with Crippen molar-refractivity contribution in [1.82, 2.24) is 5.32 Å². The lowest BCUT2D eigenvalue weighted by molar-refractivity contribution is -0.376. The maximum Gasteiger partial charge on any atom is 0.430 e. The molecule has 2 aromatic rings. The molecule has 2 aromatic carbocycles. The summed E-state index contributed by atoms with van der Waals surface area (Å²) in [5, 5.41) is 20.8. The molecule has 0 radical (unpaired) electrons. The quantitative estimate of drug-likeness (QED) is 0.363. The van der Waals surface area contributed by atoms with Crippen LogP contribution in [-0.4, -0.2) is 43.1 Å². The molecule has 0 atom stereocenters. The molecule has 14 heteroatoms. The van der Waals surface area contributed by atoms with Crippen molar-refractivity contribution in [2.75, 3.05) is 0 Å². The Morgan fingerprint density at radius 2 is 1.36 bits per heavy atom. The summed E-state index contributed by atoms with van der Waals surface area (Å²) in [6.07, 6.45) is -14.1. The highest BCUT2D eigenvalue weighted by atomic mass is 32.2. The van der Waals surface area contributed by atoms with Gasteiger partial charge in [0.1, 0.15) is 10.6 Å². The summed E-state index contributed by atoms with van der Waals surface area (Å²) in [6.45, 7) is 0. The number of amides is 1. The van der Waals surface area contributed by atoms with Crippen molar-refractivity contribution in [3.8, 4) is 0 Å². The first kappa shape index (κ1) is 27.7. The SMILES string of the molecule is O=C(O)N[C@H]1CC[C@@](c2ccc(C(O)(C(F)(F)F)C(F)(F)F)cc2)(S(=O)(=O)c2ccc(F)cc2)CC1. The molecule has 36 heavy (non-hydrogen) atoms. The van der Waals surface area contributed by atoms with Crippen molar-refractivity contribution in [2.45, 2.75) is 59.3 Å². The Hall–Kier alpha value is -2.87. The fraction of sp³-hybridized carbons (Fsp3) is 0.409. The van der Waals surface area contributed by atoms with Gasteiger partial charge in [-0.15, -0.1) is 0 Å². The predicted octanol–water partition coefficient (Wildman–Crippen LogP) is 5.02. The highest BCUT2D eigenvalue weighted by Gasteiger charge is 2.71. The van der Waals surface area contributed by atoms with Gasteiger partial charge in [-0.3, -0.25) is 0 Å². The lowest BCUT2D eigenvalue weighted by Crippen LogP contribution is -2.54. The molecular formula is C22H20F7NO5S. The van der Waals surface area contributed by atoms with Crippen LogP contribution in [0.5, 0.6) is 0 Å². The molecule has 0 spiro atoms. The zero-order chi connectivity index (χ0) is 27.2. The van der Waals surface area contributed by atoms with Crippen LogP contribution in [0.1, 0.15) is 36.8 Å². The molecule has 0 saturated heterocycles. The van der Waals surface area contributed by atoms with E-state index in [4.69, 9.17) is 5.11 Å². The number of carbonyl (C=O) groups is 1. The van der Waals surface area contributed by atoms with Gasteiger partial charge >= 0.3 is 18.4 Å². The number of hydrogen-bond acceptors (Lipinski definition) is 4. The van der Waals surface area contributed by atoms with E-state index in [2.05, 4.69) is 5.32 Å². The molecule has 6 nitrogen and oxygen atoms in total. The van der Waals surface area contributed by atoms with Gasteiger partial charge in [0.2, 0.25) is 0 Å². The van der Waals surface area contributed by atoms with Crippen LogP contribution in [0, 0.1) is 5.82 Å². The van der Waals surface area contributed by atoms with Crippen LogP contribution in [0.15, 0.2) is 53.4 Å². The summed E-state index contributed by atoms with van der Waals surface area (Å²) in [5.74, 6) is -0.736. The Morgan fingerprint density at radius 3 is 1.78 bits per heavy atom. The van der Waals surface area contributed by atoms with E-state index < -0.39 is 56.1 Å². The second kappa shape index (κ2) is 9.21. The van der Waals surface area contributed by atoms with Gasteiger partial charge in [0.15, 0.2) is 9.84 Å². The van der Waals surface area contributed by atoms with E-state index in [0.717, 1.165) is 36.4 Å². The fourth-order valence-electron chi connectivity index (χ4n) is 4.46. The molecule has 0 aliphatic heterocycles. The van der Waals surface area contributed by atoms with Crippen LogP contribution in [0.4, 0.5) is 35.5 Å². The number of nitrogens with one attached hydrogen (secondary N) is 1. The van der Waals surface area contributed by atoms with Crippen molar-refractivity contribution >= 4 is 15.9 Å². The summed E-state index contributed by atoms with van der Waals surface area (Å²) in [7, 11) is -4.40. The Kier molecular flexibility index (Phi) is 7.09. The van der Waals surface area contributed by atoms with E-state index >= 15 is 0 Å². The number of alkyl halides is 6. The van der Waals surface area contributed by atoms with Crippen molar-refractivity contribution in [3.05, 3.63) is 65.5 Å². The number of benzene rings is 2. The van der Waals surface area contributed by atoms with Gasteiger partial charge in [-0.25, -0.2) is 17.6 Å². The molecule has 0 unspecified atom stereocenters. The van der Waals surface area contributed by atoms with Crippen molar-refractivity contribution in [2.24, 2.45) is 0 Å². The standard InChI is InChI=1S/C22H20F7NO5S/c23-15-5-7-17(8-6-15)36(34,35)19(11-9-16(10-12-19)30-18(31)32)13-1-3-14(4-2-13)20(33,21(24,25)26)22(27,28)29/h1-8,16,30,33H,9-12H2,(H,31,32)/t16-,19+. The molecule has 1 amide bonds. The molecule has 1 saturated carbocycles. The highest BCUT2D eigenvalue weighted by Crippen LogP contribution is 2.51. The van der Waals surface area contributed by atoms with Crippen LogP contribution < -0.4 is 5.32 Å². The van der Waals surface area contributed by atoms with Crippen LogP contribution >= 0.6 is 0 Å². The topological polar surface area (TPSA) is 104 Å². The first-order valence-corrected chi connectivity index (χ1v) is 11.9. The molecule has 3 rings (SSSR count). The number of halogens is 7. The van der Waals surface area contributed by atoms with Gasteiger partial charge < -0.3 is 15.5 Å². The lowest BCUT2D eigenvalue weighted by Gasteiger charge is -2.40. The van der Waals surface area contributed by atoms with Crippen LogP contribution in [0.2, 0.25) is 0 Å². The molecule has 3 N–H and O–H groups in total. The lowest BCUT2D eigenvalue weighted by atomic mass is 9.80. The van der Waals surface area contributed by atoms with Crippen molar-refractivity contribution < 1.29 is 54.2 Å². The normalized spacial score (nSPS) is 21.7. The van der Waals surface area contributed by atoms with Crippen molar-refractivity contribution in [3.63, 3.8) is 0 Å². The molecule has 0 aromatic heterocycles. The van der Waals surface area contributed by atoms with Crippen LogP contribution in [-0.2, 0) is 20.2 Å². The predicted molar refractivity (Wildman–Crippen MR) is 111 cm³/mol. The first-order chi connectivity index (χ1) is 16.5. The third-order valence-electron chi connectivity index (χ3n) is 6.41. The minimum absolute atomic E-state index is 0.0104. The van der Waals surface area contributed by atoms with Gasteiger partial charge in [0.05, 0.1) is 4.90 Å². The number of aliphatic hydroxyl groups is 1. The van der Waals surface area contributed by atoms with E-state index in [1.165, 1.54) is 0 Å².